The van der Waals surface area contributed by atoms with Crippen molar-refractivity contribution in [2.45, 2.75) is 31.7 Å². The van der Waals surface area contributed by atoms with Crippen LogP contribution in [0.4, 0.5) is 0 Å². The van der Waals surface area contributed by atoms with Gasteiger partial charge in [0.2, 0.25) is 0 Å². The Morgan fingerprint density at radius 1 is 1.50 bits per heavy atom. The fraction of sp³-hybridized carbons (Fsp3) is 0.909. The van der Waals surface area contributed by atoms with Crippen molar-refractivity contribution in [3.8, 4) is 0 Å². The third-order valence-corrected chi connectivity index (χ3v) is 3.41. The summed E-state index contributed by atoms with van der Waals surface area (Å²) in [7, 11) is 2.14. The summed E-state index contributed by atoms with van der Waals surface area (Å²) in [6.45, 7) is 2.92. The molecule has 1 aliphatic heterocycles. The van der Waals surface area contributed by atoms with E-state index >= 15 is 0 Å². The molecule has 2 fully saturated rings. The molecule has 0 aromatic rings. The third kappa shape index (κ3) is 2.34. The highest BCUT2D eigenvalue weighted by atomic mass is 16.5. The highest BCUT2D eigenvalue weighted by Crippen LogP contribution is 2.22. The second-order valence-electron chi connectivity index (χ2n) is 4.60. The van der Waals surface area contributed by atoms with E-state index in [1.165, 1.54) is 6.42 Å². The predicted molar refractivity (Wildman–Crippen MR) is 54.2 cm³/mol. The van der Waals surface area contributed by atoms with Gasteiger partial charge in [0.05, 0.1) is 6.61 Å². The Labute approximate surface area is 85.4 Å². The maximum absolute atomic E-state index is 11.1. The molecule has 1 heterocycles. The lowest BCUT2D eigenvalue weighted by molar-refractivity contribution is -0.117. The third-order valence-electron chi connectivity index (χ3n) is 3.41. The molecule has 2 rings (SSSR count). The van der Waals surface area contributed by atoms with Crippen molar-refractivity contribution >= 4 is 5.78 Å². The van der Waals surface area contributed by atoms with Crippen molar-refractivity contribution < 1.29 is 9.53 Å². The molecule has 80 valence electrons. The van der Waals surface area contributed by atoms with Crippen molar-refractivity contribution in [1.82, 2.24) is 4.90 Å². The zero-order valence-corrected chi connectivity index (χ0v) is 8.87. The van der Waals surface area contributed by atoms with Gasteiger partial charge >= 0.3 is 0 Å². The molecule has 1 aliphatic carbocycles. The lowest BCUT2D eigenvalue weighted by Crippen LogP contribution is -2.34. The minimum Gasteiger partial charge on any atom is -0.381 e. The molecule has 14 heavy (non-hydrogen) atoms. The van der Waals surface area contributed by atoms with Crippen LogP contribution in [-0.4, -0.2) is 43.5 Å². The van der Waals surface area contributed by atoms with Crippen LogP contribution in [0.15, 0.2) is 0 Å². The van der Waals surface area contributed by atoms with E-state index in [0.29, 0.717) is 17.7 Å². The molecule has 1 saturated carbocycles. The highest BCUT2D eigenvalue weighted by molar-refractivity contribution is 5.81. The molecular formula is C11H19NO2. The quantitative estimate of drug-likeness (QED) is 0.678. The maximum Gasteiger partial charge on any atom is 0.134 e. The molecule has 2 unspecified atom stereocenters. The lowest BCUT2D eigenvalue weighted by Gasteiger charge is -2.25. The summed E-state index contributed by atoms with van der Waals surface area (Å²) in [6, 6.07) is 0.503. The van der Waals surface area contributed by atoms with Crippen molar-refractivity contribution in [3.63, 3.8) is 0 Å². The molecule has 0 radical (unpaired) electrons. The second-order valence-corrected chi connectivity index (χ2v) is 4.60. The smallest absolute Gasteiger partial charge is 0.134 e. The summed E-state index contributed by atoms with van der Waals surface area (Å²) in [6.07, 6.45) is 3.80. The van der Waals surface area contributed by atoms with E-state index in [0.717, 1.165) is 39.0 Å². The van der Waals surface area contributed by atoms with E-state index < -0.39 is 0 Å². The Morgan fingerprint density at radius 2 is 2.36 bits per heavy atom. The molecule has 0 amide bonds. The monoisotopic (exact) mass is 197 g/mol. The van der Waals surface area contributed by atoms with Crippen LogP contribution in [0.2, 0.25) is 0 Å². The SMILES string of the molecule is CN(CC1CCOC1)C1CCC(=O)C1. The molecule has 0 aromatic heterocycles. The van der Waals surface area contributed by atoms with Gasteiger partial charge in [-0.1, -0.05) is 0 Å². The number of ether oxygens (including phenoxy) is 1. The number of hydrogen-bond acceptors (Lipinski definition) is 3. The van der Waals surface area contributed by atoms with Gasteiger partial charge in [-0.25, -0.2) is 0 Å². The van der Waals surface area contributed by atoms with Crippen LogP contribution < -0.4 is 0 Å². The number of nitrogens with zero attached hydrogens (tertiary/aromatic N) is 1. The largest absolute Gasteiger partial charge is 0.381 e. The molecule has 0 bridgehead atoms. The number of carbonyl (C=O) groups excluding carboxylic acids is 1. The first-order valence-corrected chi connectivity index (χ1v) is 5.55. The number of carbonyl (C=O) groups is 1. The Morgan fingerprint density at radius 3 is 2.93 bits per heavy atom. The van der Waals surface area contributed by atoms with E-state index in [1.54, 1.807) is 0 Å². The molecule has 3 nitrogen and oxygen atoms in total. The van der Waals surface area contributed by atoms with Crippen LogP contribution in [0.3, 0.4) is 0 Å². The van der Waals surface area contributed by atoms with Crippen LogP contribution in [0.1, 0.15) is 25.7 Å². The van der Waals surface area contributed by atoms with Crippen molar-refractivity contribution in [2.75, 3.05) is 26.8 Å². The average Bonchev–Trinajstić information content (AvgIpc) is 2.75. The number of hydrogen-bond donors (Lipinski definition) is 0. The highest BCUT2D eigenvalue weighted by Gasteiger charge is 2.27. The molecular weight excluding hydrogens is 178 g/mol. The fourth-order valence-corrected chi connectivity index (χ4v) is 2.45. The Balaban J connectivity index is 1.77. The van der Waals surface area contributed by atoms with Crippen molar-refractivity contribution in [3.05, 3.63) is 0 Å². The van der Waals surface area contributed by atoms with E-state index in [4.69, 9.17) is 4.74 Å². The summed E-state index contributed by atoms with van der Waals surface area (Å²) in [5.41, 5.74) is 0. The van der Waals surface area contributed by atoms with Crippen molar-refractivity contribution in [1.29, 1.82) is 0 Å². The van der Waals surface area contributed by atoms with E-state index in [9.17, 15) is 4.79 Å². The van der Waals surface area contributed by atoms with Gasteiger partial charge in [0, 0.05) is 32.0 Å². The standard InChI is InChI=1S/C11H19NO2/c1-12(7-9-4-5-14-8-9)10-2-3-11(13)6-10/h9-10H,2-8H2,1H3. The van der Waals surface area contributed by atoms with Gasteiger partial charge in [-0.2, -0.15) is 0 Å². The van der Waals surface area contributed by atoms with Gasteiger partial charge in [-0.15, -0.1) is 0 Å². The Hall–Kier alpha value is -0.410. The Kier molecular flexibility index (Phi) is 3.19. The zero-order chi connectivity index (χ0) is 9.97. The number of rotatable bonds is 3. The van der Waals surface area contributed by atoms with Crippen LogP contribution in [-0.2, 0) is 9.53 Å². The van der Waals surface area contributed by atoms with E-state index in [-0.39, 0.29) is 0 Å². The zero-order valence-electron chi connectivity index (χ0n) is 8.87. The second kappa shape index (κ2) is 4.41. The number of Topliss-reactive ketones (excluding diaryl/α,β-unsaturated/α-hetero) is 1. The topological polar surface area (TPSA) is 29.5 Å². The van der Waals surface area contributed by atoms with Crippen LogP contribution in [0.25, 0.3) is 0 Å². The molecule has 0 spiro atoms. The first-order chi connectivity index (χ1) is 6.75. The van der Waals surface area contributed by atoms with Crippen LogP contribution in [0.5, 0.6) is 0 Å². The maximum atomic E-state index is 11.1. The summed E-state index contributed by atoms with van der Waals surface area (Å²) in [4.78, 5) is 13.5. The van der Waals surface area contributed by atoms with Crippen molar-refractivity contribution in [2.24, 2.45) is 5.92 Å². The first kappa shape index (κ1) is 10.1. The minimum absolute atomic E-state index is 0.435. The van der Waals surface area contributed by atoms with Crippen LogP contribution in [0, 0.1) is 5.92 Å². The summed E-state index contributed by atoms with van der Waals surface area (Å²) in [5, 5.41) is 0. The summed E-state index contributed by atoms with van der Waals surface area (Å²) < 4.78 is 5.35. The molecule has 0 aromatic carbocycles. The van der Waals surface area contributed by atoms with Gasteiger partial charge in [0.1, 0.15) is 5.78 Å². The van der Waals surface area contributed by atoms with Gasteiger partial charge in [-0.05, 0) is 25.8 Å². The minimum atomic E-state index is 0.435. The molecule has 3 heteroatoms. The Bertz CT molecular complexity index is 211. The normalized spacial score (nSPS) is 33.1. The van der Waals surface area contributed by atoms with Gasteiger partial charge < -0.3 is 9.64 Å². The number of ketones is 1. The molecule has 1 saturated heterocycles. The fourth-order valence-electron chi connectivity index (χ4n) is 2.45. The van der Waals surface area contributed by atoms with Gasteiger partial charge in [0.15, 0.2) is 0 Å². The molecule has 0 N–H and O–H groups in total. The average molecular weight is 197 g/mol. The molecule has 2 atom stereocenters. The van der Waals surface area contributed by atoms with E-state index in [2.05, 4.69) is 11.9 Å². The summed E-state index contributed by atoms with van der Waals surface area (Å²) >= 11 is 0. The lowest BCUT2D eigenvalue weighted by atomic mass is 10.1. The van der Waals surface area contributed by atoms with E-state index in [1.807, 2.05) is 0 Å². The van der Waals surface area contributed by atoms with Crippen LogP contribution >= 0.6 is 0 Å². The summed E-state index contributed by atoms with van der Waals surface area (Å²) in [5.74, 6) is 1.13. The van der Waals surface area contributed by atoms with Gasteiger partial charge in [-0.3, -0.25) is 4.79 Å². The predicted octanol–water partition coefficient (Wildman–Crippen LogP) is 1.08. The molecule has 2 aliphatic rings. The van der Waals surface area contributed by atoms with Gasteiger partial charge in [0.25, 0.3) is 0 Å². The first-order valence-electron chi connectivity index (χ1n) is 5.55.